The van der Waals surface area contributed by atoms with Crippen LogP contribution in [0.5, 0.6) is 0 Å². The molecule has 120 valence electrons. The Hall–Kier alpha value is -0.770. The first-order valence-electron chi connectivity index (χ1n) is 5.92. The lowest BCUT2D eigenvalue weighted by atomic mass is 10.3. The second kappa shape index (κ2) is 7.48. The Morgan fingerprint density at radius 3 is 2.19 bits per heavy atom. The maximum Gasteiger partial charge on any atom is 0.485 e. The van der Waals surface area contributed by atoms with E-state index in [1.807, 2.05) is 7.11 Å². The number of ether oxygens (including phenoxy) is 1. The molecule has 2 atom stereocenters. The van der Waals surface area contributed by atoms with Crippen molar-refractivity contribution in [1.29, 1.82) is 0 Å². The van der Waals surface area contributed by atoms with Gasteiger partial charge >= 0.3 is 5.51 Å². The van der Waals surface area contributed by atoms with Crippen LogP contribution in [0.2, 0.25) is 0 Å². The van der Waals surface area contributed by atoms with Gasteiger partial charge in [-0.3, -0.25) is 0 Å². The molecule has 0 radical (unpaired) electrons. The van der Waals surface area contributed by atoms with E-state index in [2.05, 4.69) is 30.3 Å². The lowest BCUT2D eigenvalue weighted by molar-refractivity contribution is -0.0517. The van der Waals surface area contributed by atoms with Crippen molar-refractivity contribution in [2.45, 2.75) is 22.9 Å². The van der Waals surface area contributed by atoms with Gasteiger partial charge < -0.3 is 9.29 Å². The minimum Gasteiger partial charge on any atom is -0.741 e. The van der Waals surface area contributed by atoms with Gasteiger partial charge in [-0.05, 0) is 12.1 Å². The standard InChI is InChI=1S/C11H15OS.CHF3O3S/c1-12-10-7-8-13(9-10)11-5-3-2-4-6-11;2-1(3,4)8(5,6)7/h2-6,10H,7-9H2,1H3;(H,5,6,7)/q+1;/p-1. The van der Waals surface area contributed by atoms with Crippen molar-refractivity contribution >= 4 is 21.0 Å². The predicted octanol–water partition coefficient (Wildman–Crippen LogP) is 2.13. The van der Waals surface area contributed by atoms with Gasteiger partial charge in [0.2, 0.25) is 0 Å². The zero-order valence-corrected chi connectivity index (χ0v) is 12.8. The van der Waals surface area contributed by atoms with E-state index < -0.39 is 15.6 Å². The summed E-state index contributed by atoms with van der Waals surface area (Å²) in [4.78, 5) is 1.50. The molecule has 2 rings (SSSR count). The van der Waals surface area contributed by atoms with Gasteiger partial charge in [0.25, 0.3) is 0 Å². The van der Waals surface area contributed by atoms with Crippen molar-refractivity contribution in [1.82, 2.24) is 0 Å². The zero-order chi connectivity index (χ0) is 16.1. The van der Waals surface area contributed by atoms with E-state index in [0.29, 0.717) is 17.0 Å². The van der Waals surface area contributed by atoms with Crippen LogP contribution in [-0.4, -0.2) is 43.2 Å². The summed E-state index contributed by atoms with van der Waals surface area (Å²) < 4.78 is 64.3. The summed E-state index contributed by atoms with van der Waals surface area (Å²) >= 11 is 0. The molecule has 0 bridgehead atoms. The van der Waals surface area contributed by atoms with Gasteiger partial charge in [-0.2, -0.15) is 13.2 Å². The average molecular weight is 344 g/mol. The van der Waals surface area contributed by atoms with E-state index in [4.69, 9.17) is 17.7 Å². The summed E-state index contributed by atoms with van der Waals surface area (Å²) in [5.74, 6) is 2.53. The molecular formula is C12H15F3O4S2. The molecule has 0 N–H and O–H groups in total. The first-order valence-corrected chi connectivity index (χ1v) is 8.89. The van der Waals surface area contributed by atoms with Crippen molar-refractivity contribution in [3.8, 4) is 0 Å². The lowest BCUT2D eigenvalue weighted by Crippen LogP contribution is -2.21. The number of hydrogen-bond donors (Lipinski definition) is 0. The first-order chi connectivity index (χ1) is 9.65. The molecule has 0 aliphatic carbocycles. The van der Waals surface area contributed by atoms with Gasteiger partial charge in [-0.1, -0.05) is 18.2 Å². The van der Waals surface area contributed by atoms with Crippen molar-refractivity contribution in [3.63, 3.8) is 0 Å². The van der Waals surface area contributed by atoms with Crippen LogP contribution < -0.4 is 0 Å². The van der Waals surface area contributed by atoms with E-state index in [1.54, 1.807) is 0 Å². The number of alkyl halides is 3. The molecule has 0 saturated carbocycles. The molecular weight excluding hydrogens is 329 g/mol. The van der Waals surface area contributed by atoms with Gasteiger partial charge in [0, 0.05) is 24.4 Å². The minimum atomic E-state index is -6.09. The number of rotatable bonds is 2. The molecule has 1 aliphatic heterocycles. The van der Waals surface area contributed by atoms with Crippen LogP contribution in [-0.2, 0) is 25.7 Å². The van der Waals surface area contributed by atoms with Crippen LogP contribution in [0.4, 0.5) is 13.2 Å². The lowest BCUT2D eigenvalue weighted by Gasteiger charge is -2.08. The Balaban J connectivity index is 0.000000240. The molecule has 9 heteroatoms. The fourth-order valence-electron chi connectivity index (χ4n) is 1.68. The van der Waals surface area contributed by atoms with Crippen LogP contribution in [0, 0.1) is 0 Å². The fraction of sp³-hybridized carbons (Fsp3) is 0.500. The third-order valence-electron chi connectivity index (χ3n) is 2.77. The molecule has 21 heavy (non-hydrogen) atoms. The average Bonchev–Trinajstić information content (AvgIpc) is 2.87. The molecule has 0 aromatic heterocycles. The Morgan fingerprint density at radius 1 is 1.29 bits per heavy atom. The van der Waals surface area contributed by atoms with Gasteiger partial charge in [0.1, 0.15) is 17.6 Å². The van der Waals surface area contributed by atoms with E-state index in [1.165, 1.54) is 22.8 Å². The van der Waals surface area contributed by atoms with Crippen molar-refractivity contribution in [2.75, 3.05) is 18.6 Å². The molecule has 1 saturated heterocycles. The first kappa shape index (κ1) is 18.3. The second-order valence-corrected chi connectivity index (χ2v) is 7.79. The molecule has 1 heterocycles. The SMILES string of the molecule is COC1CC[S+](c2ccccc2)C1.O=S(=O)([O-])C(F)(F)F. The fourth-order valence-corrected chi connectivity index (χ4v) is 4.11. The maximum absolute atomic E-state index is 10.7. The summed E-state index contributed by atoms with van der Waals surface area (Å²) in [7, 11) is -3.81. The number of halogens is 3. The molecule has 4 nitrogen and oxygen atoms in total. The van der Waals surface area contributed by atoms with Crippen molar-refractivity contribution in [3.05, 3.63) is 30.3 Å². The smallest absolute Gasteiger partial charge is 0.485 e. The third-order valence-corrected chi connectivity index (χ3v) is 5.78. The Labute approximate surface area is 124 Å². The monoisotopic (exact) mass is 344 g/mol. The van der Waals surface area contributed by atoms with E-state index in [0.717, 1.165) is 0 Å². The third kappa shape index (κ3) is 5.85. The van der Waals surface area contributed by atoms with E-state index >= 15 is 0 Å². The topological polar surface area (TPSA) is 66.4 Å². The highest BCUT2D eigenvalue weighted by Crippen LogP contribution is 2.24. The van der Waals surface area contributed by atoms with Crippen molar-refractivity contribution in [2.24, 2.45) is 0 Å². The molecule has 1 aromatic rings. The molecule has 0 amide bonds. The van der Waals surface area contributed by atoms with Gasteiger partial charge in [0.15, 0.2) is 15.0 Å². The van der Waals surface area contributed by atoms with Crippen LogP contribution in [0.3, 0.4) is 0 Å². The van der Waals surface area contributed by atoms with E-state index in [-0.39, 0.29) is 0 Å². The molecule has 2 unspecified atom stereocenters. The Bertz CT molecular complexity index is 531. The minimum absolute atomic E-state index is 0.454. The summed E-state index contributed by atoms with van der Waals surface area (Å²) in [5.41, 5.74) is -5.65. The Morgan fingerprint density at radius 2 is 1.81 bits per heavy atom. The highest BCUT2D eigenvalue weighted by Gasteiger charge is 2.37. The highest BCUT2D eigenvalue weighted by molar-refractivity contribution is 7.97. The van der Waals surface area contributed by atoms with Gasteiger partial charge in [-0.25, -0.2) is 8.42 Å². The van der Waals surface area contributed by atoms with Crippen LogP contribution >= 0.6 is 0 Å². The van der Waals surface area contributed by atoms with E-state index in [9.17, 15) is 13.2 Å². The van der Waals surface area contributed by atoms with Crippen LogP contribution in [0.1, 0.15) is 6.42 Å². The molecule has 1 fully saturated rings. The largest absolute Gasteiger partial charge is 0.741 e. The maximum atomic E-state index is 10.7. The number of hydrogen-bond acceptors (Lipinski definition) is 4. The summed E-state index contributed by atoms with van der Waals surface area (Å²) in [6.07, 6.45) is 1.73. The second-order valence-electron chi connectivity index (χ2n) is 4.22. The summed E-state index contributed by atoms with van der Waals surface area (Å²) in [6.45, 7) is 0. The Kier molecular flexibility index (Phi) is 6.51. The molecule has 1 aliphatic rings. The number of methoxy groups -OCH3 is 1. The van der Waals surface area contributed by atoms with Gasteiger partial charge in [0.05, 0.1) is 0 Å². The van der Waals surface area contributed by atoms with Crippen LogP contribution in [0.15, 0.2) is 35.2 Å². The van der Waals surface area contributed by atoms with Gasteiger partial charge in [-0.15, -0.1) is 0 Å². The van der Waals surface area contributed by atoms with Crippen molar-refractivity contribution < 1.29 is 30.9 Å². The number of benzene rings is 1. The molecule has 0 spiro atoms. The molecule has 1 aromatic carbocycles. The summed E-state index contributed by atoms with van der Waals surface area (Å²) in [5, 5.41) is 0. The highest BCUT2D eigenvalue weighted by atomic mass is 32.2. The zero-order valence-electron chi connectivity index (χ0n) is 11.2. The quantitative estimate of drug-likeness (QED) is 0.468. The normalized spacial score (nSPS) is 22.5. The predicted molar refractivity (Wildman–Crippen MR) is 73.0 cm³/mol. The summed E-state index contributed by atoms with van der Waals surface area (Å²) in [6, 6.07) is 10.8. The van der Waals surface area contributed by atoms with Crippen LogP contribution in [0.25, 0.3) is 0 Å².